The third-order valence-electron chi connectivity index (χ3n) is 1.62. The van der Waals surface area contributed by atoms with Crippen molar-refractivity contribution in [3.63, 3.8) is 0 Å². The minimum Gasteiger partial charge on any atom is -0.468 e. The molecule has 0 aliphatic heterocycles. The molecule has 0 aromatic carbocycles. The van der Waals surface area contributed by atoms with Gasteiger partial charge in [-0.15, -0.1) is 0 Å². The van der Waals surface area contributed by atoms with Gasteiger partial charge >= 0.3 is 11.9 Å². The second kappa shape index (κ2) is 5.70. The molecule has 15 heavy (non-hydrogen) atoms. The molecule has 5 nitrogen and oxygen atoms in total. The molecule has 0 fully saturated rings. The third-order valence-corrected chi connectivity index (χ3v) is 1.62. The van der Waals surface area contributed by atoms with Crippen LogP contribution in [-0.4, -0.2) is 37.7 Å². The van der Waals surface area contributed by atoms with Crippen molar-refractivity contribution >= 4 is 11.9 Å². The Balaban J connectivity index is 4.20. The second-order valence-corrected chi connectivity index (χ2v) is 4.15. The summed E-state index contributed by atoms with van der Waals surface area (Å²) in [5.74, 6) is -0.893. The summed E-state index contributed by atoms with van der Waals surface area (Å²) in [6.45, 7) is 5.33. The Morgan fingerprint density at radius 3 is 2.20 bits per heavy atom. The molecule has 0 bridgehead atoms. The fourth-order valence-corrected chi connectivity index (χ4v) is 0.995. The topological polar surface area (TPSA) is 64.6 Å². The molecular weight excluding hydrogens is 198 g/mol. The summed E-state index contributed by atoms with van der Waals surface area (Å²) in [6, 6.07) is -0.648. The van der Waals surface area contributed by atoms with Crippen LogP contribution < -0.4 is 5.32 Å². The molecule has 88 valence electrons. The van der Waals surface area contributed by atoms with Gasteiger partial charge in [0.2, 0.25) is 0 Å². The molecular formula is C10H19NO4. The van der Waals surface area contributed by atoms with E-state index in [2.05, 4.69) is 10.1 Å². The molecule has 0 aliphatic carbocycles. The molecule has 0 aliphatic rings. The minimum absolute atomic E-state index is 0.0273. The summed E-state index contributed by atoms with van der Waals surface area (Å²) < 4.78 is 9.60. The van der Waals surface area contributed by atoms with Gasteiger partial charge in [-0.25, -0.2) is 0 Å². The van der Waals surface area contributed by atoms with E-state index in [-0.39, 0.29) is 6.42 Å². The van der Waals surface area contributed by atoms with E-state index in [1.54, 1.807) is 27.8 Å². The lowest BCUT2D eigenvalue weighted by atomic mass is 10.1. The standard InChI is InChI=1S/C10H19NO4/c1-10(2,3)15-8(12)6-7(11-4)9(13)14-5/h7,11H,6H2,1-5H3/t7-/m1/s1. The number of carbonyl (C=O) groups is 2. The van der Waals surface area contributed by atoms with E-state index < -0.39 is 23.6 Å². The Kier molecular flexibility index (Phi) is 5.28. The molecule has 0 saturated heterocycles. The van der Waals surface area contributed by atoms with Crippen molar-refractivity contribution in [1.29, 1.82) is 0 Å². The summed E-state index contributed by atoms with van der Waals surface area (Å²) in [6.07, 6.45) is -0.0273. The zero-order chi connectivity index (χ0) is 12.1. The maximum atomic E-state index is 11.4. The number of likely N-dealkylation sites (N-methyl/N-ethyl adjacent to an activating group) is 1. The molecule has 1 atom stereocenters. The lowest BCUT2D eigenvalue weighted by Gasteiger charge is -2.21. The van der Waals surface area contributed by atoms with Crippen molar-refractivity contribution < 1.29 is 19.1 Å². The van der Waals surface area contributed by atoms with Crippen LogP contribution in [0.2, 0.25) is 0 Å². The molecule has 0 unspecified atom stereocenters. The number of carbonyl (C=O) groups excluding carboxylic acids is 2. The fourth-order valence-electron chi connectivity index (χ4n) is 0.995. The number of hydrogen-bond donors (Lipinski definition) is 1. The van der Waals surface area contributed by atoms with Crippen LogP contribution in [0.25, 0.3) is 0 Å². The highest BCUT2D eigenvalue weighted by molar-refractivity contribution is 5.82. The van der Waals surface area contributed by atoms with E-state index in [4.69, 9.17) is 4.74 Å². The highest BCUT2D eigenvalue weighted by atomic mass is 16.6. The Hall–Kier alpha value is -1.10. The molecule has 5 heteroatoms. The zero-order valence-electron chi connectivity index (χ0n) is 9.92. The van der Waals surface area contributed by atoms with Crippen LogP contribution in [0.4, 0.5) is 0 Å². The molecule has 0 aromatic heterocycles. The van der Waals surface area contributed by atoms with Crippen LogP contribution in [0, 0.1) is 0 Å². The van der Waals surface area contributed by atoms with Gasteiger partial charge in [-0.2, -0.15) is 0 Å². The van der Waals surface area contributed by atoms with E-state index in [0.29, 0.717) is 0 Å². The smallest absolute Gasteiger partial charge is 0.323 e. The van der Waals surface area contributed by atoms with E-state index >= 15 is 0 Å². The van der Waals surface area contributed by atoms with Crippen molar-refractivity contribution in [2.45, 2.75) is 38.8 Å². The second-order valence-electron chi connectivity index (χ2n) is 4.15. The minimum atomic E-state index is -0.648. The van der Waals surface area contributed by atoms with Crippen molar-refractivity contribution in [1.82, 2.24) is 5.32 Å². The first kappa shape index (κ1) is 13.9. The van der Waals surface area contributed by atoms with Gasteiger partial charge < -0.3 is 14.8 Å². The van der Waals surface area contributed by atoms with Crippen LogP contribution in [0.5, 0.6) is 0 Å². The van der Waals surface area contributed by atoms with Crippen LogP contribution in [0.15, 0.2) is 0 Å². The molecule has 1 N–H and O–H groups in total. The van der Waals surface area contributed by atoms with Crippen molar-refractivity contribution in [2.24, 2.45) is 0 Å². The van der Waals surface area contributed by atoms with E-state index in [1.165, 1.54) is 7.11 Å². The van der Waals surface area contributed by atoms with Crippen molar-refractivity contribution in [3.05, 3.63) is 0 Å². The lowest BCUT2D eigenvalue weighted by molar-refractivity contribution is -0.158. The van der Waals surface area contributed by atoms with Gasteiger partial charge in [-0.3, -0.25) is 9.59 Å². The van der Waals surface area contributed by atoms with Gasteiger partial charge in [0, 0.05) is 0 Å². The lowest BCUT2D eigenvalue weighted by Crippen LogP contribution is -2.38. The SMILES string of the molecule is CN[C@H](CC(=O)OC(C)(C)C)C(=O)OC. The first-order chi connectivity index (χ1) is 6.80. The maximum Gasteiger partial charge on any atom is 0.323 e. The summed E-state index contributed by atoms with van der Waals surface area (Å²) in [5.41, 5.74) is -0.536. The molecule has 0 saturated carbocycles. The summed E-state index contributed by atoms with van der Waals surface area (Å²) in [7, 11) is 2.87. The van der Waals surface area contributed by atoms with Crippen LogP contribution in [0.1, 0.15) is 27.2 Å². The quantitative estimate of drug-likeness (QED) is 0.694. The highest BCUT2D eigenvalue weighted by Crippen LogP contribution is 2.09. The number of hydrogen-bond acceptors (Lipinski definition) is 5. The maximum absolute atomic E-state index is 11.4. The number of ether oxygens (including phenoxy) is 2. The monoisotopic (exact) mass is 217 g/mol. The summed E-state index contributed by atoms with van der Waals surface area (Å²) in [5, 5.41) is 2.69. The normalized spacial score (nSPS) is 13.1. The van der Waals surface area contributed by atoms with Crippen LogP contribution >= 0.6 is 0 Å². The van der Waals surface area contributed by atoms with Crippen molar-refractivity contribution in [2.75, 3.05) is 14.2 Å². The summed E-state index contributed by atoms with van der Waals surface area (Å²) in [4.78, 5) is 22.5. The molecule has 0 rings (SSSR count). The highest BCUT2D eigenvalue weighted by Gasteiger charge is 2.24. The summed E-state index contributed by atoms with van der Waals surface area (Å²) >= 11 is 0. The zero-order valence-corrected chi connectivity index (χ0v) is 9.92. The van der Waals surface area contributed by atoms with Gasteiger partial charge in [0.15, 0.2) is 0 Å². The van der Waals surface area contributed by atoms with Crippen LogP contribution in [-0.2, 0) is 19.1 Å². The number of esters is 2. The Labute approximate surface area is 90.1 Å². The molecule has 0 radical (unpaired) electrons. The average molecular weight is 217 g/mol. The van der Waals surface area contributed by atoms with E-state index in [9.17, 15) is 9.59 Å². The molecule has 0 amide bonds. The molecule has 0 aromatic rings. The predicted molar refractivity (Wildman–Crippen MR) is 55.3 cm³/mol. The fraction of sp³-hybridized carbons (Fsp3) is 0.800. The van der Waals surface area contributed by atoms with Gasteiger partial charge in [0.25, 0.3) is 0 Å². The first-order valence-electron chi connectivity index (χ1n) is 4.77. The van der Waals surface area contributed by atoms with E-state index in [0.717, 1.165) is 0 Å². The first-order valence-corrected chi connectivity index (χ1v) is 4.77. The molecule has 0 spiro atoms. The van der Waals surface area contributed by atoms with Gasteiger partial charge in [0.05, 0.1) is 13.5 Å². The number of nitrogens with one attached hydrogen (secondary N) is 1. The Bertz CT molecular complexity index is 232. The van der Waals surface area contributed by atoms with Gasteiger partial charge in [0.1, 0.15) is 11.6 Å². The third kappa shape index (κ3) is 6.06. The van der Waals surface area contributed by atoms with Crippen LogP contribution in [0.3, 0.4) is 0 Å². The largest absolute Gasteiger partial charge is 0.468 e. The average Bonchev–Trinajstić information content (AvgIpc) is 2.10. The Morgan fingerprint density at radius 2 is 1.87 bits per heavy atom. The Morgan fingerprint density at radius 1 is 1.33 bits per heavy atom. The van der Waals surface area contributed by atoms with Crippen molar-refractivity contribution in [3.8, 4) is 0 Å². The number of methoxy groups -OCH3 is 1. The predicted octanol–water partition coefficient (Wildman–Crippen LogP) is 0.479. The number of rotatable bonds is 4. The molecule has 0 heterocycles. The van der Waals surface area contributed by atoms with Gasteiger partial charge in [-0.05, 0) is 27.8 Å². The van der Waals surface area contributed by atoms with Gasteiger partial charge in [-0.1, -0.05) is 0 Å². The van der Waals surface area contributed by atoms with E-state index in [1.807, 2.05) is 0 Å².